The van der Waals surface area contributed by atoms with E-state index in [1.165, 1.54) is 24.1 Å². The van der Waals surface area contributed by atoms with Gasteiger partial charge >= 0.3 is 0 Å². The van der Waals surface area contributed by atoms with Gasteiger partial charge in [0.05, 0.1) is 17.7 Å². The number of methoxy groups -OCH3 is 1. The van der Waals surface area contributed by atoms with E-state index in [4.69, 9.17) is 4.74 Å². The predicted octanol–water partition coefficient (Wildman–Crippen LogP) is 4.98. The molecular formula is C32H39N3O5S. The molecule has 1 aliphatic carbocycles. The van der Waals surface area contributed by atoms with Crippen molar-refractivity contribution in [3.8, 4) is 5.75 Å². The van der Waals surface area contributed by atoms with Crippen LogP contribution >= 0.6 is 0 Å². The van der Waals surface area contributed by atoms with Crippen molar-refractivity contribution in [2.45, 2.75) is 70.0 Å². The second-order valence-corrected chi connectivity index (χ2v) is 12.5. The standard InChI is InChI=1S/C32H39N3O5S/c1-23-17-19-28(20-18-23)41(38,39)35(29-15-9-10-16-30(29)40-4)22-31(36)34(21-26-12-6-5-11-24(26)2)25(3)32(37)33-27-13-7-8-14-27/h5-6,9-12,15-20,25,27H,7-8,13-14,21-22H2,1-4H3,(H,33,37)/t25-/m0/s1. The van der Waals surface area contributed by atoms with E-state index in [0.717, 1.165) is 46.7 Å². The second-order valence-electron chi connectivity index (χ2n) is 10.6. The number of hydrogen-bond donors (Lipinski definition) is 1. The molecule has 3 aromatic carbocycles. The first-order valence-electron chi connectivity index (χ1n) is 14.0. The summed E-state index contributed by atoms with van der Waals surface area (Å²) in [6.45, 7) is 5.17. The molecule has 0 unspecified atom stereocenters. The van der Waals surface area contributed by atoms with Crippen molar-refractivity contribution in [1.29, 1.82) is 0 Å². The maximum Gasteiger partial charge on any atom is 0.264 e. The van der Waals surface area contributed by atoms with E-state index >= 15 is 0 Å². The molecule has 0 saturated heterocycles. The summed E-state index contributed by atoms with van der Waals surface area (Å²) < 4.78 is 34.6. The first kappa shape index (κ1) is 30.1. The Morgan fingerprint density at radius 1 is 0.951 bits per heavy atom. The van der Waals surface area contributed by atoms with Crippen LogP contribution in [0.3, 0.4) is 0 Å². The fourth-order valence-electron chi connectivity index (χ4n) is 5.13. The number of sulfonamides is 1. The Hall–Kier alpha value is -3.85. The van der Waals surface area contributed by atoms with Gasteiger partial charge < -0.3 is 15.0 Å². The van der Waals surface area contributed by atoms with Gasteiger partial charge in [-0.15, -0.1) is 0 Å². The van der Waals surface area contributed by atoms with Gasteiger partial charge in [-0.3, -0.25) is 13.9 Å². The van der Waals surface area contributed by atoms with Crippen molar-refractivity contribution in [3.05, 3.63) is 89.5 Å². The molecule has 0 bridgehead atoms. The fraction of sp³-hybridized carbons (Fsp3) is 0.375. The zero-order chi connectivity index (χ0) is 29.6. The third kappa shape index (κ3) is 7.08. The molecule has 0 aromatic heterocycles. The van der Waals surface area contributed by atoms with Crippen LogP contribution in [0.15, 0.2) is 77.7 Å². The number of hydrogen-bond acceptors (Lipinski definition) is 5. The van der Waals surface area contributed by atoms with E-state index in [-0.39, 0.29) is 29.1 Å². The maximum absolute atomic E-state index is 14.2. The Bertz CT molecular complexity index is 1470. The van der Waals surface area contributed by atoms with E-state index in [9.17, 15) is 18.0 Å². The van der Waals surface area contributed by atoms with Crippen molar-refractivity contribution in [2.24, 2.45) is 0 Å². The molecule has 0 aliphatic heterocycles. The smallest absolute Gasteiger partial charge is 0.264 e. The lowest BCUT2D eigenvalue weighted by Crippen LogP contribution is -2.52. The van der Waals surface area contributed by atoms with Crippen LogP contribution in [0.1, 0.15) is 49.3 Å². The van der Waals surface area contributed by atoms with E-state index in [1.54, 1.807) is 43.3 Å². The number of carbonyl (C=O) groups excluding carboxylic acids is 2. The lowest BCUT2D eigenvalue weighted by Gasteiger charge is -2.33. The first-order valence-corrected chi connectivity index (χ1v) is 15.4. The number of nitrogens with zero attached hydrogens (tertiary/aromatic N) is 2. The molecule has 8 nitrogen and oxygen atoms in total. The number of nitrogens with one attached hydrogen (secondary N) is 1. The molecule has 1 N–H and O–H groups in total. The second kappa shape index (κ2) is 13.2. The van der Waals surface area contributed by atoms with E-state index < -0.39 is 28.5 Å². The topological polar surface area (TPSA) is 96.0 Å². The van der Waals surface area contributed by atoms with E-state index in [0.29, 0.717) is 5.75 Å². The van der Waals surface area contributed by atoms with Crippen LogP contribution in [-0.2, 0) is 26.2 Å². The van der Waals surface area contributed by atoms with Crippen molar-refractivity contribution >= 4 is 27.5 Å². The van der Waals surface area contributed by atoms with Gasteiger partial charge in [-0.05, 0) is 69.0 Å². The van der Waals surface area contributed by atoms with Crippen LogP contribution < -0.4 is 14.4 Å². The van der Waals surface area contributed by atoms with Gasteiger partial charge in [0.15, 0.2) is 0 Å². The summed E-state index contributed by atoms with van der Waals surface area (Å²) in [7, 11) is -2.72. The van der Waals surface area contributed by atoms with Gasteiger partial charge in [-0.2, -0.15) is 0 Å². The molecule has 41 heavy (non-hydrogen) atoms. The number of anilines is 1. The number of aryl methyl sites for hydroxylation is 2. The highest BCUT2D eigenvalue weighted by Gasteiger charge is 2.34. The average Bonchev–Trinajstić information content (AvgIpc) is 3.48. The molecule has 1 saturated carbocycles. The molecule has 0 spiro atoms. The molecule has 1 atom stereocenters. The summed E-state index contributed by atoms with van der Waals surface area (Å²) in [6.07, 6.45) is 3.97. The molecule has 9 heteroatoms. The Morgan fingerprint density at radius 3 is 2.24 bits per heavy atom. The molecule has 0 radical (unpaired) electrons. The number of carbonyl (C=O) groups is 2. The van der Waals surface area contributed by atoms with Crippen LogP contribution in [0.2, 0.25) is 0 Å². The van der Waals surface area contributed by atoms with Crippen LogP contribution in [0.5, 0.6) is 5.75 Å². The molecular weight excluding hydrogens is 538 g/mol. The summed E-state index contributed by atoms with van der Waals surface area (Å²) in [6, 6.07) is 20.1. The van der Waals surface area contributed by atoms with Gasteiger partial charge in [-0.25, -0.2) is 8.42 Å². The number of ether oxygens (including phenoxy) is 1. The molecule has 1 aliphatic rings. The molecule has 218 valence electrons. The monoisotopic (exact) mass is 577 g/mol. The quantitative estimate of drug-likeness (QED) is 0.347. The Labute approximate surface area is 243 Å². The van der Waals surface area contributed by atoms with Crippen LogP contribution in [-0.4, -0.2) is 50.9 Å². The highest BCUT2D eigenvalue weighted by Crippen LogP contribution is 2.32. The predicted molar refractivity (Wildman–Crippen MR) is 160 cm³/mol. The molecule has 0 heterocycles. The molecule has 4 rings (SSSR count). The summed E-state index contributed by atoms with van der Waals surface area (Å²) >= 11 is 0. The number of para-hydroxylation sites is 2. The Kier molecular flexibility index (Phi) is 9.70. The van der Waals surface area contributed by atoms with E-state index in [1.807, 2.05) is 38.1 Å². The Morgan fingerprint density at radius 2 is 1.59 bits per heavy atom. The minimum atomic E-state index is -4.17. The van der Waals surface area contributed by atoms with Crippen molar-refractivity contribution in [2.75, 3.05) is 18.0 Å². The molecule has 1 fully saturated rings. The average molecular weight is 578 g/mol. The van der Waals surface area contributed by atoms with Crippen molar-refractivity contribution < 1.29 is 22.7 Å². The molecule has 2 amide bonds. The van der Waals surface area contributed by atoms with Crippen LogP contribution in [0.4, 0.5) is 5.69 Å². The minimum Gasteiger partial charge on any atom is -0.495 e. The zero-order valence-electron chi connectivity index (χ0n) is 24.2. The summed E-state index contributed by atoms with van der Waals surface area (Å²) in [5, 5.41) is 3.09. The Balaban J connectivity index is 1.72. The third-order valence-corrected chi connectivity index (χ3v) is 9.49. The maximum atomic E-state index is 14.2. The number of rotatable bonds is 11. The van der Waals surface area contributed by atoms with Gasteiger partial charge in [-0.1, -0.05) is 66.9 Å². The fourth-order valence-corrected chi connectivity index (χ4v) is 6.56. The summed E-state index contributed by atoms with van der Waals surface area (Å²) in [4.78, 5) is 29.1. The first-order chi connectivity index (χ1) is 19.6. The van der Waals surface area contributed by atoms with Crippen molar-refractivity contribution in [3.63, 3.8) is 0 Å². The third-order valence-electron chi connectivity index (χ3n) is 7.71. The summed E-state index contributed by atoms with van der Waals surface area (Å²) in [5.41, 5.74) is 3.01. The largest absolute Gasteiger partial charge is 0.495 e. The van der Waals surface area contributed by atoms with Gasteiger partial charge in [0, 0.05) is 12.6 Å². The highest BCUT2D eigenvalue weighted by molar-refractivity contribution is 7.92. The molecule has 3 aromatic rings. The van der Waals surface area contributed by atoms with Gasteiger partial charge in [0.2, 0.25) is 11.8 Å². The minimum absolute atomic E-state index is 0.0549. The van der Waals surface area contributed by atoms with Crippen molar-refractivity contribution in [1.82, 2.24) is 10.2 Å². The van der Waals surface area contributed by atoms with E-state index in [2.05, 4.69) is 5.32 Å². The lowest BCUT2D eigenvalue weighted by molar-refractivity contribution is -0.139. The highest BCUT2D eigenvalue weighted by atomic mass is 32.2. The van der Waals surface area contributed by atoms with Crippen LogP contribution in [0.25, 0.3) is 0 Å². The summed E-state index contributed by atoms with van der Waals surface area (Å²) in [5.74, 6) is -0.429. The van der Waals surface area contributed by atoms with Gasteiger partial charge in [0.25, 0.3) is 10.0 Å². The van der Waals surface area contributed by atoms with Crippen LogP contribution in [0, 0.1) is 13.8 Å². The zero-order valence-corrected chi connectivity index (χ0v) is 25.0. The number of benzene rings is 3. The lowest BCUT2D eigenvalue weighted by atomic mass is 10.1. The normalized spacial score (nSPS) is 14.3. The van der Waals surface area contributed by atoms with Gasteiger partial charge in [0.1, 0.15) is 18.3 Å². The SMILES string of the molecule is COc1ccccc1N(CC(=O)N(Cc1ccccc1C)[C@@H](C)C(=O)NC1CCCC1)S(=O)(=O)c1ccc(C)cc1. The number of amides is 2.